The highest BCUT2D eigenvalue weighted by Gasteiger charge is 2.23. The number of nitrogens with one attached hydrogen (secondary N) is 2. The van der Waals surface area contributed by atoms with Crippen molar-refractivity contribution in [3.8, 4) is 5.75 Å². The Morgan fingerprint density at radius 3 is 2.16 bits per heavy atom. The van der Waals surface area contributed by atoms with Crippen molar-refractivity contribution in [3.05, 3.63) is 53.1 Å². The third-order valence-corrected chi connectivity index (χ3v) is 7.99. The summed E-state index contributed by atoms with van der Waals surface area (Å²) < 4.78 is 57.6. The van der Waals surface area contributed by atoms with Crippen LogP contribution in [0.1, 0.15) is 12.5 Å². The summed E-state index contributed by atoms with van der Waals surface area (Å²) in [4.78, 5) is 12.4. The highest BCUT2D eigenvalue weighted by Crippen LogP contribution is 2.26. The quantitative estimate of drug-likeness (QED) is 0.551. The molecule has 1 amide bonds. The maximum Gasteiger partial charge on any atom is 0.242 e. The van der Waals surface area contributed by atoms with E-state index in [4.69, 9.17) is 16.3 Å². The first-order valence-corrected chi connectivity index (χ1v) is 12.3. The Kier molecular flexibility index (Phi) is 8.06. The topological polar surface area (TPSA) is 122 Å². The molecule has 0 aliphatic heterocycles. The number of hydrogen-bond donors (Lipinski definition) is 2. The number of methoxy groups -OCH3 is 1. The van der Waals surface area contributed by atoms with Gasteiger partial charge >= 0.3 is 0 Å². The van der Waals surface area contributed by atoms with Gasteiger partial charge in [0.05, 0.1) is 28.0 Å². The first-order valence-electron chi connectivity index (χ1n) is 9.03. The van der Waals surface area contributed by atoms with Gasteiger partial charge in [0.1, 0.15) is 5.75 Å². The van der Waals surface area contributed by atoms with Crippen LogP contribution in [0.3, 0.4) is 0 Å². The molecular weight excluding hydrogens is 466 g/mol. The predicted molar refractivity (Wildman–Crippen MR) is 117 cm³/mol. The molecule has 0 radical (unpaired) electrons. The average Bonchev–Trinajstić information content (AvgIpc) is 2.71. The van der Waals surface area contributed by atoms with E-state index < -0.39 is 32.0 Å². The van der Waals surface area contributed by atoms with Crippen LogP contribution in [-0.2, 0) is 31.4 Å². The molecule has 170 valence electrons. The molecule has 0 aromatic heterocycles. The van der Waals surface area contributed by atoms with Crippen molar-refractivity contribution < 1.29 is 26.4 Å². The van der Waals surface area contributed by atoms with Gasteiger partial charge in [-0.1, -0.05) is 23.7 Å². The number of nitrogens with zero attached hydrogens (tertiary/aromatic N) is 1. The molecule has 2 aromatic rings. The fourth-order valence-corrected chi connectivity index (χ4v) is 4.95. The molecule has 0 aliphatic carbocycles. The maximum absolute atomic E-state index is 12.5. The molecule has 0 spiro atoms. The number of hydrogen-bond acceptors (Lipinski definition) is 6. The summed E-state index contributed by atoms with van der Waals surface area (Å²) >= 11 is 5.97. The summed E-state index contributed by atoms with van der Waals surface area (Å²) in [7, 11) is -3.24. The van der Waals surface area contributed by atoms with Crippen LogP contribution in [0.15, 0.2) is 52.3 Å². The van der Waals surface area contributed by atoms with Crippen LogP contribution in [0, 0.1) is 0 Å². The van der Waals surface area contributed by atoms with Crippen molar-refractivity contribution in [3.63, 3.8) is 0 Å². The Morgan fingerprint density at radius 1 is 1.06 bits per heavy atom. The maximum atomic E-state index is 12.5. The van der Waals surface area contributed by atoms with Crippen LogP contribution in [0.5, 0.6) is 5.75 Å². The molecule has 0 bridgehead atoms. The van der Waals surface area contributed by atoms with E-state index in [9.17, 15) is 21.6 Å². The molecule has 2 N–H and O–H groups in total. The van der Waals surface area contributed by atoms with Crippen molar-refractivity contribution >= 4 is 37.6 Å². The third kappa shape index (κ3) is 6.17. The lowest BCUT2D eigenvalue weighted by Crippen LogP contribution is -2.44. The number of rotatable bonds is 9. The Balaban J connectivity index is 2.00. The number of ether oxygens (including phenoxy) is 1. The molecule has 2 rings (SSSR count). The lowest BCUT2D eigenvalue weighted by atomic mass is 10.2. The van der Waals surface area contributed by atoms with Gasteiger partial charge in [-0.15, -0.1) is 0 Å². The minimum Gasteiger partial charge on any atom is -0.495 e. The van der Waals surface area contributed by atoms with Gasteiger partial charge in [0.25, 0.3) is 0 Å². The summed E-state index contributed by atoms with van der Waals surface area (Å²) in [5, 5.41) is 2.74. The largest absolute Gasteiger partial charge is 0.495 e. The lowest BCUT2D eigenvalue weighted by Gasteiger charge is -2.15. The predicted octanol–water partition coefficient (Wildman–Crippen LogP) is 1.58. The van der Waals surface area contributed by atoms with Gasteiger partial charge in [-0.25, -0.2) is 21.1 Å². The van der Waals surface area contributed by atoms with E-state index in [2.05, 4.69) is 10.0 Å². The standard InChI is InChI=1S/C19H24ClN3O6S2/c1-13(22-30(25,26)16-9-10-18(29-4)17(20)11-16)19(24)21-12-14-5-7-15(8-6-14)31(27,28)23(2)3/h5-11,13,22H,12H2,1-4H3,(H,21,24)/t13-/m0/s1. The Labute approximate surface area is 187 Å². The monoisotopic (exact) mass is 489 g/mol. The Bertz CT molecular complexity index is 1150. The normalized spacial score (nSPS) is 13.1. The van der Waals surface area contributed by atoms with Crippen molar-refractivity contribution in [1.29, 1.82) is 0 Å². The smallest absolute Gasteiger partial charge is 0.242 e. The summed E-state index contributed by atoms with van der Waals surface area (Å²) in [6.45, 7) is 1.51. The Hall–Kier alpha value is -2.18. The van der Waals surface area contributed by atoms with Gasteiger partial charge in [-0.3, -0.25) is 4.79 Å². The van der Waals surface area contributed by atoms with Crippen molar-refractivity contribution in [2.75, 3.05) is 21.2 Å². The SMILES string of the molecule is COc1ccc(S(=O)(=O)N[C@@H](C)C(=O)NCc2ccc(S(=O)(=O)N(C)C)cc2)cc1Cl. The summed E-state index contributed by atoms with van der Waals surface area (Å²) in [5.74, 6) is -0.219. The van der Waals surface area contributed by atoms with Crippen LogP contribution in [-0.4, -0.2) is 54.3 Å². The second-order valence-corrected chi connectivity index (χ2v) is 11.1. The number of sulfonamides is 2. The van der Waals surface area contributed by atoms with Crippen LogP contribution in [0.25, 0.3) is 0 Å². The number of halogens is 1. The van der Waals surface area contributed by atoms with Gasteiger partial charge < -0.3 is 10.1 Å². The molecule has 0 aliphatic rings. The summed E-state index contributed by atoms with van der Waals surface area (Å²) in [5.41, 5.74) is 0.656. The summed E-state index contributed by atoms with van der Waals surface area (Å²) in [6, 6.07) is 8.95. The molecular formula is C19H24ClN3O6S2. The number of carbonyl (C=O) groups excluding carboxylic acids is 1. The van der Waals surface area contributed by atoms with E-state index in [-0.39, 0.29) is 21.4 Å². The summed E-state index contributed by atoms with van der Waals surface area (Å²) in [6.07, 6.45) is 0. The fourth-order valence-electron chi connectivity index (χ4n) is 2.50. The molecule has 9 nitrogen and oxygen atoms in total. The first-order chi connectivity index (χ1) is 14.4. The van der Waals surface area contributed by atoms with Crippen LogP contribution < -0.4 is 14.8 Å². The molecule has 0 heterocycles. The first kappa shape index (κ1) is 25.1. The van der Waals surface area contributed by atoms with Gasteiger partial charge in [-0.05, 0) is 42.8 Å². The molecule has 0 unspecified atom stereocenters. The van der Waals surface area contributed by atoms with Crippen molar-refractivity contribution in [1.82, 2.24) is 14.3 Å². The minimum absolute atomic E-state index is 0.0988. The number of amides is 1. The molecule has 0 saturated heterocycles. The van der Waals surface area contributed by atoms with E-state index in [1.807, 2.05) is 0 Å². The van der Waals surface area contributed by atoms with E-state index >= 15 is 0 Å². The van der Waals surface area contributed by atoms with Gasteiger partial charge in [-0.2, -0.15) is 4.72 Å². The Morgan fingerprint density at radius 2 is 1.65 bits per heavy atom. The third-order valence-electron chi connectivity index (χ3n) is 4.33. The van der Waals surface area contributed by atoms with Crippen LogP contribution >= 0.6 is 11.6 Å². The molecule has 2 aromatic carbocycles. The minimum atomic E-state index is -3.99. The van der Waals surface area contributed by atoms with E-state index in [1.165, 1.54) is 58.5 Å². The molecule has 0 fully saturated rings. The average molecular weight is 490 g/mol. The molecule has 31 heavy (non-hydrogen) atoms. The molecule has 0 saturated carbocycles. The van der Waals surface area contributed by atoms with Crippen molar-refractivity contribution in [2.45, 2.75) is 29.3 Å². The van der Waals surface area contributed by atoms with E-state index in [1.54, 1.807) is 12.1 Å². The zero-order valence-corrected chi connectivity index (χ0v) is 19.8. The number of benzene rings is 2. The van der Waals surface area contributed by atoms with Gasteiger partial charge in [0.15, 0.2) is 0 Å². The second kappa shape index (κ2) is 9.96. The highest BCUT2D eigenvalue weighted by atomic mass is 35.5. The lowest BCUT2D eigenvalue weighted by molar-refractivity contribution is -0.122. The zero-order chi connectivity index (χ0) is 23.4. The van der Waals surface area contributed by atoms with E-state index in [0.717, 1.165) is 4.31 Å². The van der Waals surface area contributed by atoms with E-state index in [0.29, 0.717) is 11.3 Å². The van der Waals surface area contributed by atoms with Crippen molar-refractivity contribution in [2.24, 2.45) is 0 Å². The zero-order valence-electron chi connectivity index (χ0n) is 17.4. The molecule has 1 atom stereocenters. The second-order valence-electron chi connectivity index (χ2n) is 6.79. The number of carbonyl (C=O) groups is 1. The fraction of sp³-hybridized carbons (Fsp3) is 0.316. The van der Waals surface area contributed by atoms with Crippen LogP contribution in [0.2, 0.25) is 5.02 Å². The highest BCUT2D eigenvalue weighted by molar-refractivity contribution is 7.89. The molecule has 12 heteroatoms. The van der Waals surface area contributed by atoms with Crippen LogP contribution in [0.4, 0.5) is 0 Å². The van der Waals surface area contributed by atoms with Gasteiger partial charge in [0, 0.05) is 20.6 Å². The van der Waals surface area contributed by atoms with Gasteiger partial charge in [0.2, 0.25) is 26.0 Å².